The molecule has 0 aliphatic rings. The van der Waals surface area contributed by atoms with Crippen molar-refractivity contribution in [3.63, 3.8) is 0 Å². The van der Waals surface area contributed by atoms with Gasteiger partial charge >= 0.3 is 0 Å². The molecule has 3 heteroatoms. The molecule has 0 N–H and O–H groups in total. The normalized spacial score (nSPS) is 10.4. The van der Waals surface area contributed by atoms with Gasteiger partial charge in [-0.05, 0) is 12.1 Å². The first kappa shape index (κ1) is 10.6. The zero-order valence-electron chi connectivity index (χ0n) is 9.58. The lowest BCUT2D eigenvalue weighted by atomic mass is 10.1. The van der Waals surface area contributed by atoms with Crippen molar-refractivity contribution >= 4 is 17.3 Å². The minimum absolute atomic E-state index is 0.567. The molecule has 18 heavy (non-hydrogen) atoms. The summed E-state index contributed by atoms with van der Waals surface area (Å²) in [5, 5.41) is 0. The van der Waals surface area contributed by atoms with E-state index in [1.54, 1.807) is 12.3 Å². The van der Waals surface area contributed by atoms with Gasteiger partial charge < -0.3 is 0 Å². The van der Waals surface area contributed by atoms with Gasteiger partial charge in [0.05, 0.1) is 22.9 Å². The highest BCUT2D eigenvalue weighted by Crippen LogP contribution is 2.20. The quantitative estimate of drug-likeness (QED) is 0.640. The molecule has 86 valence electrons. The van der Waals surface area contributed by atoms with Crippen LogP contribution in [0.4, 0.5) is 0 Å². The van der Waals surface area contributed by atoms with Crippen molar-refractivity contribution in [3.05, 3.63) is 60.3 Å². The maximum atomic E-state index is 11.0. The van der Waals surface area contributed by atoms with E-state index in [0.29, 0.717) is 11.1 Å². The van der Waals surface area contributed by atoms with E-state index in [9.17, 15) is 4.79 Å². The minimum Gasteiger partial charge on any atom is -0.298 e. The van der Waals surface area contributed by atoms with Crippen LogP contribution in [0.15, 0.2) is 54.7 Å². The standard InChI is InChI=1S/C15H10N2O/c18-10-12-7-4-8-13-15(12)17-14(9-16-13)11-5-2-1-3-6-11/h1-10H. The van der Waals surface area contributed by atoms with Gasteiger partial charge in [-0.25, -0.2) is 4.98 Å². The Labute approximate surface area is 104 Å². The highest BCUT2D eigenvalue weighted by atomic mass is 16.1. The Morgan fingerprint density at radius 3 is 2.56 bits per heavy atom. The van der Waals surface area contributed by atoms with E-state index in [1.807, 2.05) is 42.5 Å². The van der Waals surface area contributed by atoms with Gasteiger partial charge in [-0.2, -0.15) is 0 Å². The van der Waals surface area contributed by atoms with Crippen LogP contribution in [0.2, 0.25) is 0 Å². The third kappa shape index (κ3) is 1.76. The molecule has 0 fully saturated rings. The van der Waals surface area contributed by atoms with Gasteiger partial charge in [-0.1, -0.05) is 36.4 Å². The molecule has 0 unspecified atom stereocenters. The Morgan fingerprint density at radius 2 is 1.78 bits per heavy atom. The minimum atomic E-state index is 0.567. The number of para-hydroxylation sites is 1. The van der Waals surface area contributed by atoms with Crippen LogP contribution in [0, 0.1) is 0 Å². The maximum Gasteiger partial charge on any atom is 0.152 e. The fourth-order valence-corrected chi connectivity index (χ4v) is 1.90. The average Bonchev–Trinajstić information content (AvgIpc) is 2.47. The first-order valence-electron chi connectivity index (χ1n) is 5.65. The molecule has 0 aliphatic heterocycles. The van der Waals surface area contributed by atoms with Crippen molar-refractivity contribution in [1.29, 1.82) is 0 Å². The predicted molar refractivity (Wildman–Crippen MR) is 70.4 cm³/mol. The van der Waals surface area contributed by atoms with E-state index in [-0.39, 0.29) is 0 Å². The maximum absolute atomic E-state index is 11.0. The second-order valence-electron chi connectivity index (χ2n) is 3.95. The van der Waals surface area contributed by atoms with Gasteiger partial charge in [-0.3, -0.25) is 9.78 Å². The summed E-state index contributed by atoms with van der Waals surface area (Å²) in [6.45, 7) is 0. The number of hydrogen-bond acceptors (Lipinski definition) is 3. The molecule has 0 aliphatic carbocycles. The number of hydrogen-bond donors (Lipinski definition) is 0. The fraction of sp³-hybridized carbons (Fsp3) is 0. The Hall–Kier alpha value is -2.55. The van der Waals surface area contributed by atoms with E-state index in [4.69, 9.17) is 0 Å². The Morgan fingerprint density at radius 1 is 0.944 bits per heavy atom. The molecule has 1 heterocycles. The number of rotatable bonds is 2. The molecular weight excluding hydrogens is 224 g/mol. The molecule has 0 bridgehead atoms. The number of nitrogens with zero attached hydrogens (tertiary/aromatic N) is 2. The zero-order valence-corrected chi connectivity index (χ0v) is 9.58. The lowest BCUT2D eigenvalue weighted by molar-refractivity contribution is 0.112. The average molecular weight is 234 g/mol. The summed E-state index contributed by atoms with van der Waals surface area (Å²) in [5.74, 6) is 0. The van der Waals surface area contributed by atoms with Crippen LogP contribution < -0.4 is 0 Å². The van der Waals surface area contributed by atoms with Gasteiger partial charge in [0.15, 0.2) is 6.29 Å². The Bertz CT molecular complexity index is 708. The summed E-state index contributed by atoms with van der Waals surface area (Å²) in [4.78, 5) is 19.9. The van der Waals surface area contributed by atoms with Crippen molar-refractivity contribution in [2.75, 3.05) is 0 Å². The van der Waals surface area contributed by atoms with Crippen LogP contribution in [0.25, 0.3) is 22.3 Å². The summed E-state index contributed by atoms with van der Waals surface area (Å²) in [6, 6.07) is 15.2. The van der Waals surface area contributed by atoms with Crippen molar-refractivity contribution in [2.24, 2.45) is 0 Å². The van der Waals surface area contributed by atoms with Gasteiger partial charge in [0, 0.05) is 11.1 Å². The summed E-state index contributed by atoms with van der Waals surface area (Å²) >= 11 is 0. The van der Waals surface area contributed by atoms with E-state index < -0.39 is 0 Å². The molecule has 0 spiro atoms. The number of aldehydes is 1. The number of carbonyl (C=O) groups is 1. The van der Waals surface area contributed by atoms with Crippen molar-refractivity contribution in [1.82, 2.24) is 9.97 Å². The van der Waals surface area contributed by atoms with Crippen molar-refractivity contribution in [2.45, 2.75) is 0 Å². The Kier molecular flexibility index (Phi) is 2.57. The predicted octanol–water partition coefficient (Wildman–Crippen LogP) is 3.11. The molecular formula is C15H10N2O. The van der Waals surface area contributed by atoms with Crippen molar-refractivity contribution in [3.8, 4) is 11.3 Å². The van der Waals surface area contributed by atoms with Gasteiger partial charge in [0.25, 0.3) is 0 Å². The summed E-state index contributed by atoms with van der Waals surface area (Å²) in [6.07, 6.45) is 2.54. The molecule has 3 nitrogen and oxygen atoms in total. The van der Waals surface area contributed by atoms with Crippen LogP contribution in [0.1, 0.15) is 10.4 Å². The fourth-order valence-electron chi connectivity index (χ4n) is 1.90. The molecule has 0 atom stereocenters. The van der Waals surface area contributed by atoms with E-state index in [0.717, 1.165) is 23.1 Å². The summed E-state index contributed by atoms with van der Waals surface area (Å²) in [5.41, 5.74) is 3.72. The molecule has 2 aromatic carbocycles. The molecule has 0 amide bonds. The van der Waals surface area contributed by atoms with Crippen molar-refractivity contribution < 1.29 is 4.79 Å². The van der Waals surface area contributed by atoms with Crippen LogP contribution in [-0.4, -0.2) is 16.3 Å². The first-order valence-corrected chi connectivity index (χ1v) is 5.65. The van der Waals surface area contributed by atoms with Gasteiger partial charge in [0.2, 0.25) is 0 Å². The van der Waals surface area contributed by atoms with Gasteiger partial charge in [0.1, 0.15) is 0 Å². The zero-order chi connectivity index (χ0) is 12.4. The smallest absolute Gasteiger partial charge is 0.152 e. The number of carbonyl (C=O) groups excluding carboxylic acids is 1. The Balaban J connectivity index is 2.25. The molecule has 0 saturated heterocycles. The first-order chi connectivity index (χ1) is 8.88. The number of aromatic nitrogens is 2. The highest BCUT2D eigenvalue weighted by Gasteiger charge is 2.05. The highest BCUT2D eigenvalue weighted by molar-refractivity contribution is 5.94. The summed E-state index contributed by atoms with van der Waals surface area (Å²) < 4.78 is 0. The topological polar surface area (TPSA) is 42.9 Å². The van der Waals surface area contributed by atoms with Crippen LogP contribution in [0.5, 0.6) is 0 Å². The summed E-state index contributed by atoms with van der Waals surface area (Å²) in [7, 11) is 0. The van der Waals surface area contributed by atoms with E-state index in [1.165, 1.54) is 0 Å². The third-order valence-electron chi connectivity index (χ3n) is 2.80. The number of benzene rings is 2. The third-order valence-corrected chi connectivity index (χ3v) is 2.80. The second kappa shape index (κ2) is 4.37. The lowest BCUT2D eigenvalue weighted by Gasteiger charge is -2.03. The molecule has 0 radical (unpaired) electrons. The number of fused-ring (bicyclic) bond motifs is 1. The largest absolute Gasteiger partial charge is 0.298 e. The van der Waals surface area contributed by atoms with E-state index in [2.05, 4.69) is 9.97 Å². The van der Waals surface area contributed by atoms with E-state index >= 15 is 0 Å². The molecule has 3 rings (SSSR count). The molecule has 0 saturated carbocycles. The van der Waals surface area contributed by atoms with Crippen LogP contribution >= 0.6 is 0 Å². The molecule has 1 aromatic heterocycles. The monoisotopic (exact) mass is 234 g/mol. The second-order valence-corrected chi connectivity index (χ2v) is 3.95. The van der Waals surface area contributed by atoms with Crippen LogP contribution in [0.3, 0.4) is 0 Å². The van der Waals surface area contributed by atoms with Crippen LogP contribution in [-0.2, 0) is 0 Å². The SMILES string of the molecule is O=Cc1cccc2ncc(-c3ccccc3)nc12. The van der Waals surface area contributed by atoms with Gasteiger partial charge in [-0.15, -0.1) is 0 Å². The molecule has 3 aromatic rings. The lowest BCUT2D eigenvalue weighted by Crippen LogP contribution is -1.92.